The van der Waals surface area contributed by atoms with Crippen LogP contribution in [0.5, 0.6) is 5.75 Å². The lowest BCUT2D eigenvalue weighted by Crippen LogP contribution is -2.59. The number of carbonyl (C=O) groups is 3. The van der Waals surface area contributed by atoms with Crippen molar-refractivity contribution in [1.82, 2.24) is 20.9 Å². The molecule has 230 valence electrons. The molecule has 0 aromatic heterocycles. The van der Waals surface area contributed by atoms with E-state index in [0.717, 1.165) is 23.3 Å². The average Bonchev–Trinajstić information content (AvgIpc) is 2.97. The topological polar surface area (TPSA) is 120 Å². The Kier molecular flexibility index (Phi) is 14.7. The molecule has 42 heavy (non-hydrogen) atoms. The predicted octanol–water partition coefficient (Wildman–Crippen LogP) is 3.06. The first-order valence-electron chi connectivity index (χ1n) is 14.4. The lowest BCUT2D eigenvalue weighted by Gasteiger charge is -2.34. The van der Waals surface area contributed by atoms with E-state index in [2.05, 4.69) is 16.0 Å². The maximum atomic E-state index is 13.4. The van der Waals surface area contributed by atoms with Crippen LogP contribution in [0.25, 0.3) is 6.08 Å². The molecule has 1 aliphatic rings. The summed E-state index contributed by atoms with van der Waals surface area (Å²) in [6.45, 7) is 8.28. The standard InChI is InChI=1S/C25H38N4O5.C7H7F/c1-5-17(2)22-25(33)29(4)23(18(3)30)24(32)28-16-21(31)26-13-9-8-11-19-10-6-7-12-20(19)34-15-14-27-22;1-6-2-4-7(8)5-3-6/h6-8,10-12,17-18,22-23,27,30H,5,9,13-16H2,1-4H3,(H,26,31)(H,28,32);2-5H,1H3/b11-8-;. The Balaban J connectivity index is 0.000000661. The highest BCUT2D eigenvalue weighted by molar-refractivity contribution is 5.92. The predicted molar refractivity (Wildman–Crippen MR) is 162 cm³/mol. The number of aryl methyl sites for hydroxylation is 1. The van der Waals surface area contributed by atoms with Gasteiger partial charge in [-0.05, 0) is 44.4 Å². The van der Waals surface area contributed by atoms with Crippen molar-refractivity contribution in [2.45, 2.75) is 58.7 Å². The zero-order valence-corrected chi connectivity index (χ0v) is 25.2. The van der Waals surface area contributed by atoms with Crippen LogP contribution >= 0.6 is 0 Å². The van der Waals surface area contributed by atoms with Crippen LogP contribution in [-0.2, 0) is 14.4 Å². The number of nitrogens with one attached hydrogen (secondary N) is 3. The molecule has 3 amide bonds. The second kappa shape index (κ2) is 17.9. The zero-order valence-electron chi connectivity index (χ0n) is 25.2. The molecule has 10 heteroatoms. The number of amides is 3. The minimum absolute atomic E-state index is 0.0113. The Labute approximate surface area is 248 Å². The Morgan fingerprint density at radius 1 is 1.05 bits per heavy atom. The van der Waals surface area contributed by atoms with Crippen molar-refractivity contribution in [3.05, 3.63) is 71.6 Å². The van der Waals surface area contributed by atoms with Crippen molar-refractivity contribution >= 4 is 23.8 Å². The van der Waals surface area contributed by atoms with Crippen LogP contribution in [0.15, 0.2) is 54.6 Å². The van der Waals surface area contributed by atoms with E-state index in [0.29, 0.717) is 26.1 Å². The van der Waals surface area contributed by atoms with Crippen LogP contribution in [0.3, 0.4) is 0 Å². The van der Waals surface area contributed by atoms with E-state index >= 15 is 0 Å². The average molecular weight is 585 g/mol. The molecule has 0 bridgehead atoms. The molecule has 0 radical (unpaired) electrons. The Bertz CT molecular complexity index is 1150. The van der Waals surface area contributed by atoms with Crippen LogP contribution in [0, 0.1) is 18.7 Å². The van der Waals surface area contributed by atoms with Crippen LogP contribution < -0.4 is 20.7 Å². The molecule has 1 heterocycles. The molecular formula is C32H45FN4O5. The second-order valence-electron chi connectivity index (χ2n) is 10.4. The van der Waals surface area contributed by atoms with E-state index in [9.17, 15) is 23.9 Å². The number of para-hydroxylation sites is 1. The summed E-state index contributed by atoms with van der Waals surface area (Å²) in [5, 5.41) is 18.8. The maximum Gasteiger partial charge on any atom is 0.245 e. The van der Waals surface area contributed by atoms with E-state index < -0.39 is 24.1 Å². The molecule has 2 aromatic carbocycles. The number of carbonyl (C=O) groups excluding carboxylic acids is 3. The summed E-state index contributed by atoms with van der Waals surface area (Å²) in [5.41, 5.74) is 2.01. The minimum atomic E-state index is -1.12. The molecule has 4 unspecified atom stereocenters. The lowest BCUT2D eigenvalue weighted by molar-refractivity contribution is -0.145. The molecule has 9 nitrogen and oxygen atoms in total. The summed E-state index contributed by atoms with van der Waals surface area (Å²) in [6, 6.07) is 12.4. The third-order valence-corrected chi connectivity index (χ3v) is 6.98. The van der Waals surface area contributed by atoms with Crippen LogP contribution in [0.1, 0.15) is 44.7 Å². The number of hydrogen-bond acceptors (Lipinski definition) is 6. The zero-order chi connectivity index (χ0) is 31.1. The van der Waals surface area contributed by atoms with Gasteiger partial charge >= 0.3 is 0 Å². The first-order valence-corrected chi connectivity index (χ1v) is 14.4. The summed E-state index contributed by atoms with van der Waals surface area (Å²) < 4.78 is 18.0. The number of benzene rings is 2. The van der Waals surface area contributed by atoms with E-state index in [1.165, 1.54) is 31.0 Å². The summed E-state index contributed by atoms with van der Waals surface area (Å²) in [6.07, 6.45) is 4.13. The fourth-order valence-electron chi connectivity index (χ4n) is 4.34. The minimum Gasteiger partial charge on any atom is -0.492 e. The summed E-state index contributed by atoms with van der Waals surface area (Å²) in [7, 11) is 1.50. The number of aliphatic hydroxyl groups is 1. The van der Waals surface area contributed by atoms with Crippen molar-refractivity contribution in [2.75, 3.05) is 33.3 Å². The molecule has 4 N–H and O–H groups in total. The van der Waals surface area contributed by atoms with E-state index in [-0.39, 0.29) is 30.1 Å². The SMILES string of the molecule is CCC(C)C1NCCOc2ccccc2/C=C\CCNC(=O)CNC(=O)C(C(C)O)N(C)C1=O.Cc1ccc(F)cc1. The molecule has 0 aliphatic carbocycles. The molecule has 3 rings (SSSR count). The van der Waals surface area contributed by atoms with Crippen LogP contribution in [0.4, 0.5) is 4.39 Å². The van der Waals surface area contributed by atoms with Gasteiger partial charge in [-0.3, -0.25) is 14.4 Å². The van der Waals surface area contributed by atoms with Gasteiger partial charge in [0.2, 0.25) is 17.7 Å². The molecule has 0 saturated carbocycles. The van der Waals surface area contributed by atoms with Crippen molar-refractivity contribution in [3.63, 3.8) is 0 Å². The van der Waals surface area contributed by atoms with E-state index in [1.807, 2.05) is 57.2 Å². The van der Waals surface area contributed by atoms with Gasteiger partial charge in [-0.15, -0.1) is 0 Å². The second-order valence-corrected chi connectivity index (χ2v) is 10.4. The number of hydrogen-bond donors (Lipinski definition) is 4. The van der Waals surface area contributed by atoms with Gasteiger partial charge in [-0.25, -0.2) is 4.39 Å². The van der Waals surface area contributed by atoms with Crippen molar-refractivity contribution in [3.8, 4) is 5.75 Å². The molecule has 2 aromatic rings. The first kappa shape index (κ1) is 34.4. The number of aliphatic hydroxyl groups excluding tert-OH is 1. The number of ether oxygens (including phenoxy) is 1. The highest BCUT2D eigenvalue weighted by Gasteiger charge is 2.35. The number of nitrogens with zero attached hydrogens (tertiary/aromatic N) is 1. The molecule has 4 atom stereocenters. The number of likely N-dealkylation sites (N-methyl/N-ethyl adjacent to an activating group) is 1. The van der Waals surface area contributed by atoms with E-state index in [1.54, 1.807) is 12.1 Å². The van der Waals surface area contributed by atoms with Gasteiger partial charge in [-0.2, -0.15) is 0 Å². The van der Waals surface area contributed by atoms with Crippen LogP contribution in [-0.4, -0.2) is 79.2 Å². The van der Waals surface area contributed by atoms with Gasteiger partial charge < -0.3 is 30.7 Å². The van der Waals surface area contributed by atoms with Gasteiger partial charge in [0, 0.05) is 25.7 Å². The summed E-state index contributed by atoms with van der Waals surface area (Å²) >= 11 is 0. The van der Waals surface area contributed by atoms with Crippen molar-refractivity contribution in [1.29, 1.82) is 0 Å². The highest BCUT2D eigenvalue weighted by atomic mass is 19.1. The first-order chi connectivity index (χ1) is 20.0. The number of rotatable bonds is 3. The van der Waals surface area contributed by atoms with Gasteiger partial charge in [-0.1, -0.05) is 68.3 Å². The molecule has 0 spiro atoms. The van der Waals surface area contributed by atoms with Crippen LogP contribution in [0.2, 0.25) is 0 Å². The highest BCUT2D eigenvalue weighted by Crippen LogP contribution is 2.20. The van der Waals surface area contributed by atoms with Crippen molar-refractivity contribution in [2.24, 2.45) is 5.92 Å². The number of halogens is 1. The smallest absolute Gasteiger partial charge is 0.245 e. The fraction of sp³-hybridized carbons (Fsp3) is 0.469. The van der Waals surface area contributed by atoms with Gasteiger partial charge in [0.25, 0.3) is 0 Å². The summed E-state index contributed by atoms with van der Waals surface area (Å²) in [4.78, 5) is 39.5. The maximum absolute atomic E-state index is 13.4. The normalized spacial score (nSPS) is 21.4. The molecular weight excluding hydrogens is 539 g/mol. The van der Waals surface area contributed by atoms with Gasteiger partial charge in [0.15, 0.2) is 0 Å². The summed E-state index contributed by atoms with van der Waals surface area (Å²) in [5.74, 6) is -0.684. The third kappa shape index (κ3) is 11.3. The van der Waals surface area contributed by atoms with Gasteiger partial charge in [0.1, 0.15) is 24.2 Å². The molecule has 0 fully saturated rings. The largest absolute Gasteiger partial charge is 0.492 e. The van der Waals surface area contributed by atoms with E-state index in [4.69, 9.17) is 4.74 Å². The Hall–Kier alpha value is -3.76. The quantitative estimate of drug-likeness (QED) is 0.440. The van der Waals surface area contributed by atoms with Crippen molar-refractivity contribution < 1.29 is 28.6 Å². The molecule has 1 aliphatic heterocycles. The number of fused-ring (bicyclic) bond motifs is 1. The Morgan fingerprint density at radius 3 is 2.38 bits per heavy atom. The van der Waals surface area contributed by atoms with Gasteiger partial charge in [0.05, 0.1) is 18.7 Å². The fourth-order valence-corrected chi connectivity index (χ4v) is 4.34. The molecule has 0 saturated heterocycles. The third-order valence-electron chi connectivity index (χ3n) is 6.98. The Morgan fingerprint density at radius 2 is 1.74 bits per heavy atom. The monoisotopic (exact) mass is 584 g/mol. The lowest BCUT2D eigenvalue weighted by atomic mass is 9.96.